The summed E-state index contributed by atoms with van der Waals surface area (Å²) in [7, 11) is 1.30. The zero-order valence-corrected chi connectivity index (χ0v) is 15.2. The average Bonchev–Trinajstić information content (AvgIpc) is 3.03. The summed E-state index contributed by atoms with van der Waals surface area (Å²) >= 11 is 0. The van der Waals surface area contributed by atoms with Crippen molar-refractivity contribution >= 4 is 11.8 Å². The molecule has 0 radical (unpaired) electrons. The van der Waals surface area contributed by atoms with Gasteiger partial charge in [-0.15, -0.1) is 0 Å². The summed E-state index contributed by atoms with van der Waals surface area (Å²) in [5.74, 6) is -2.78. The largest absolute Gasteiger partial charge is 0.497 e. The number of hydrogen-bond acceptors (Lipinski definition) is 3. The Morgan fingerprint density at radius 1 is 1.19 bits per heavy atom. The van der Waals surface area contributed by atoms with Crippen LogP contribution >= 0.6 is 0 Å². The molecule has 5 nitrogen and oxygen atoms in total. The van der Waals surface area contributed by atoms with Crippen LogP contribution in [0.5, 0.6) is 5.75 Å². The minimum Gasteiger partial charge on any atom is -0.497 e. The molecule has 3 rings (SSSR count). The lowest BCUT2D eigenvalue weighted by molar-refractivity contribution is -0.145. The molecule has 1 aromatic rings. The summed E-state index contributed by atoms with van der Waals surface area (Å²) in [5, 5.41) is 0. The molecule has 1 unspecified atom stereocenters. The highest BCUT2D eigenvalue weighted by molar-refractivity contribution is 6.00. The maximum Gasteiger partial charge on any atom is 0.260 e. The number of likely N-dealkylation sites (tertiary alicyclic amines) is 2. The second-order valence-electron chi connectivity index (χ2n) is 6.95. The van der Waals surface area contributed by atoms with E-state index in [0.717, 1.165) is 25.0 Å². The lowest BCUT2D eigenvalue weighted by atomic mass is 9.85. The quantitative estimate of drug-likeness (QED) is 0.823. The number of ether oxygens (including phenoxy) is 1. The van der Waals surface area contributed by atoms with Crippen molar-refractivity contribution in [3.8, 4) is 5.75 Å². The number of piperidine rings is 1. The smallest absolute Gasteiger partial charge is 0.260 e. The van der Waals surface area contributed by atoms with Crippen molar-refractivity contribution in [1.29, 1.82) is 0 Å². The van der Waals surface area contributed by atoms with Crippen molar-refractivity contribution in [2.24, 2.45) is 0 Å². The maximum atomic E-state index is 14.4. The van der Waals surface area contributed by atoms with E-state index < -0.39 is 28.6 Å². The number of nitrogens with zero attached hydrogens (tertiary/aromatic N) is 2. The Kier molecular flexibility index (Phi) is 5.16. The van der Waals surface area contributed by atoms with Crippen molar-refractivity contribution in [3.63, 3.8) is 0 Å². The topological polar surface area (TPSA) is 49.9 Å². The molecule has 2 saturated heterocycles. The first-order chi connectivity index (χ1) is 12.4. The molecule has 0 aliphatic carbocycles. The third-order valence-corrected chi connectivity index (χ3v) is 5.40. The molecular formula is C19H24F2N2O3. The van der Waals surface area contributed by atoms with Gasteiger partial charge in [0.25, 0.3) is 5.91 Å². The van der Waals surface area contributed by atoms with Gasteiger partial charge in [0.15, 0.2) is 0 Å². The predicted molar refractivity (Wildman–Crippen MR) is 92.0 cm³/mol. The average molecular weight is 366 g/mol. The number of rotatable bonds is 4. The van der Waals surface area contributed by atoms with E-state index >= 15 is 0 Å². The fourth-order valence-corrected chi connectivity index (χ4v) is 4.21. The Balaban J connectivity index is 1.96. The van der Waals surface area contributed by atoms with Crippen LogP contribution in [-0.2, 0) is 4.79 Å². The van der Waals surface area contributed by atoms with Crippen LogP contribution in [0, 0.1) is 11.6 Å². The van der Waals surface area contributed by atoms with Crippen molar-refractivity contribution < 1.29 is 23.1 Å². The molecule has 142 valence electrons. The van der Waals surface area contributed by atoms with E-state index in [1.54, 1.807) is 4.90 Å². The number of halogens is 2. The van der Waals surface area contributed by atoms with E-state index in [2.05, 4.69) is 0 Å². The van der Waals surface area contributed by atoms with Crippen molar-refractivity contribution in [2.75, 3.05) is 26.7 Å². The molecule has 7 heteroatoms. The van der Waals surface area contributed by atoms with Crippen LogP contribution < -0.4 is 4.74 Å². The molecule has 1 spiro atoms. The number of benzene rings is 1. The third kappa shape index (κ3) is 2.93. The number of carbonyl (C=O) groups is 2. The molecule has 0 saturated carbocycles. The Bertz CT molecular complexity index is 700. The highest BCUT2D eigenvalue weighted by Gasteiger charge is 2.53. The minimum absolute atomic E-state index is 0.00977. The van der Waals surface area contributed by atoms with Gasteiger partial charge in [0.2, 0.25) is 5.91 Å². The van der Waals surface area contributed by atoms with Gasteiger partial charge >= 0.3 is 0 Å². The van der Waals surface area contributed by atoms with Gasteiger partial charge in [0.05, 0.1) is 7.11 Å². The van der Waals surface area contributed by atoms with Crippen LogP contribution in [0.4, 0.5) is 8.78 Å². The molecular weight excluding hydrogens is 342 g/mol. The van der Waals surface area contributed by atoms with Crippen molar-refractivity contribution in [2.45, 2.75) is 44.6 Å². The van der Waals surface area contributed by atoms with Crippen LogP contribution in [0.15, 0.2) is 12.1 Å². The Labute approximate surface area is 151 Å². The van der Waals surface area contributed by atoms with E-state index in [4.69, 9.17) is 4.74 Å². The summed E-state index contributed by atoms with van der Waals surface area (Å²) in [5.41, 5.74) is -1.59. The van der Waals surface area contributed by atoms with Crippen LogP contribution in [0.25, 0.3) is 0 Å². The SMILES string of the molecule is CCCN1CCCC2(CCCN2C(=O)c2c(F)cc(OC)cc2F)C1=O. The van der Waals surface area contributed by atoms with E-state index in [0.29, 0.717) is 38.9 Å². The highest BCUT2D eigenvalue weighted by Crippen LogP contribution is 2.39. The van der Waals surface area contributed by atoms with Gasteiger partial charge in [-0.2, -0.15) is 0 Å². The summed E-state index contributed by atoms with van der Waals surface area (Å²) in [6.45, 7) is 3.62. The molecule has 0 bridgehead atoms. The third-order valence-electron chi connectivity index (χ3n) is 5.40. The lowest BCUT2D eigenvalue weighted by Crippen LogP contribution is -2.61. The second-order valence-corrected chi connectivity index (χ2v) is 6.95. The normalized spacial score (nSPS) is 23.0. The summed E-state index contributed by atoms with van der Waals surface area (Å²) < 4.78 is 33.6. The van der Waals surface area contributed by atoms with Gasteiger partial charge in [-0.3, -0.25) is 9.59 Å². The van der Waals surface area contributed by atoms with Crippen molar-refractivity contribution in [3.05, 3.63) is 29.3 Å². The van der Waals surface area contributed by atoms with E-state index in [1.807, 2.05) is 6.92 Å². The standard InChI is InChI=1S/C19H24F2N2O3/c1-3-8-22-9-4-6-19(18(22)25)7-5-10-23(19)17(24)16-14(20)11-13(26-2)12-15(16)21/h11-12H,3-10H2,1-2H3. The van der Waals surface area contributed by atoms with Crippen LogP contribution in [-0.4, -0.2) is 53.9 Å². The van der Waals surface area contributed by atoms with Gasteiger partial charge in [-0.1, -0.05) is 6.92 Å². The number of carbonyl (C=O) groups excluding carboxylic acids is 2. The second kappa shape index (κ2) is 7.21. The number of hydrogen-bond donors (Lipinski definition) is 0. The molecule has 26 heavy (non-hydrogen) atoms. The molecule has 0 N–H and O–H groups in total. The van der Waals surface area contributed by atoms with Gasteiger partial charge < -0.3 is 14.5 Å². The molecule has 1 aromatic carbocycles. The zero-order valence-electron chi connectivity index (χ0n) is 15.2. The fraction of sp³-hybridized carbons (Fsp3) is 0.579. The molecule has 2 heterocycles. The molecule has 2 amide bonds. The van der Waals surface area contributed by atoms with Gasteiger partial charge in [-0.05, 0) is 32.1 Å². The fourth-order valence-electron chi connectivity index (χ4n) is 4.21. The van der Waals surface area contributed by atoms with E-state index in [-0.39, 0.29) is 11.7 Å². The number of methoxy groups -OCH3 is 1. The van der Waals surface area contributed by atoms with Crippen molar-refractivity contribution in [1.82, 2.24) is 9.80 Å². The molecule has 2 aliphatic rings. The maximum absolute atomic E-state index is 14.4. The van der Waals surface area contributed by atoms with E-state index in [9.17, 15) is 18.4 Å². The highest BCUT2D eigenvalue weighted by atomic mass is 19.1. The van der Waals surface area contributed by atoms with Crippen LogP contribution in [0.1, 0.15) is 49.4 Å². The van der Waals surface area contributed by atoms with E-state index in [1.165, 1.54) is 12.0 Å². The van der Waals surface area contributed by atoms with Gasteiger partial charge in [0, 0.05) is 31.8 Å². The monoisotopic (exact) mass is 366 g/mol. The minimum atomic E-state index is -0.970. The Hall–Kier alpha value is -2.18. The Morgan fingerprint density at radius 3 is 2.38 bits per heavy atom. The van der Waals surface area contributed by atoms with Crippen LogP contribution in [0.3, 0.4) is 0 Å². The van der Waals surface area contributed by atoms with Gasteiger partial charge in [-0.25, -0.2) is 8.78 Å². The first-order valence-electron chi connectivity index (χ1n) is 9.09. The number of amides is 2. The zero-order chi connectivity index (χ0) is 18.9. The summed E-state index contributed by atoms with van der Waals surface area (Å²) in [6, 6.07) is 1.98. The lowest BCUT2D eigenvalue weighted by Gasteiger charge is -2.44. The summed E-state index contributed by atoms with van der Waals surface area (Å²) in [4.78, 5) is 29.3. The molecule has 1 atom stereocenters. The molecule has 0 aromatic heterocycles. The Morgan fingerprint density at radius 2 is 1.81 bits per heavy atom. The predicted octanol–water partition coefficient (Wildman–Crippen LogP) is 2.98. The molecule has 2 aliphatic heterocycles. The van der Waals surface area contributed by atoms with Gasteiger partial charge in [0.1, 0.15) is 28.5 Å². The molecule has 2 fully saturated rings. The first kappa shape index (κ1) is 18.6. The first-order valence-corrected chi connectivity index (χ1v) is 9.09. The van der Waals surface area contributed by atoms with Crippen LogP contribution in [0.2, 0.25) is 0 Å². The summed E-state index contributed by atoms with van der Waals surface area (Å²) in [6.07, 6.45) is 3.34.